The molecule has 5 nitrogen and oxygen atoms in total. The fourth-order valence-corrected chi connectivity index (χ4v) is 2.43. The lowest BCUT2D eigenvalue weighted by atomic mass is 9.88. The number of carbonyl (C=O) groups is 1. The summed E-state index contributed by atoms with van der Waals surface area (Å²) in [6, 6.07) is 5.63. The van der Waals surface area contributed by atoms with Crippen LogP contribution in [0, 0.1) is 5.92 Å². The lowest BCUT2D eigenvalue weighted by molar-refractivity contribution is -0.121. The van der Waals surface area contributed by atoms with Crippen molar-refractivity contribution < 1.29 is 14.3 Å². The van der Waals surface area contributed by atoms with E-state index in [2.05, 4.69) is 5.32 Å². The molecular weight excluding hydrogens is 232 g/mol. The van der Waals surface area contributed by atoms with Crippen molar-refractivity contribution in [1.29, 1.82) is 0 Å². The number of benzene rings is 1. The number of nitrogens with one attached hydrogen (secondary N) is 1. The molecule has 0 saturated carbocycles. The van der Waals surface area contributed by atoms with Gasteiger partial charge in [0.1, 0.15) is 11.5 Å². The number of rotatable bonds is 4. The van der Waals surface area contributed by atoms with E-state index in [0.29, 0.717) is 6.54 Å². The molecule has 0 radical (unpaired) electrons. The summed E-state index contributed by atoms with van der Waals surface area (Å²) >= 11 is 0. The molecule has 1 aromatic carbocycles. The van der Waals surface area contributed by atoms with Gasteiger partial charge in [-0.3, -0.25) is 4.79 Å². The van der Waals surface area contributed by atoms with Crippen LogP contribution in [0.5, 0.6) is 11.5 Å². The first-order valence-corrected chi connectivity index (χ1v) is 5.89. The molecule has 1 aliphatic rings. The highest BCUT2D eigenvalue weighted by atomic mass is 16.5. The van der Waals surface area contributed by atoms with Gasteiger partial charge in [-0.25, -0.2) is 0 Å². The number of ether oxygens (including phenoxy) is 2. The van der Waals surface area contributed by atoms with Crippen LogP contribution >= 0.6 is 0 Å². The van der Waals surface area contributed by atoms with Gasteiger partial charge in [-0.15, -0.1) is 0 Å². The molecule has 1 fully saturated rings. The fourth-order valence-electron chi connectivity index (χ4n) is 2.43. The first-order valence-electron chi connectivity index (χ1n) is 5.89. The third-order valence-electron chi connectivity index (χ3n) is 3.42. The van der Waals surface area contributed by atoms with Crippen LogP contribution in [0.1, 0.15) is 11.5 Å². The minimum atomic E-state index is -0.275. The van der Waals surface area contributed by atoms with Crippen molar-refractivity contribution in [1.82, 2.24) is 5.32 Å². The van der Waals surface area contributed by atoms with Gasteiger partial charge in [-0.05, 0) is 11.6 Å². The Kier molecular flexibility index (Phi) is 3.72. The zero-order chi connectivity index (χ0) is 13.1. The highest BCUT2D eigenvalue weighted by molar-refractivity contribution is 5.78. The minimum absolute atomic E-state index is 0.0587. The molecule has 0 bridgehead atoms. The lowest BCUT2D eigenvalue weighted by Gasteiger charge is -2.19. The summed E-state index contributed by atoms with van der Waals surface area (Å²) in [4.78, 5) is 11.4. The molecular formula is C13H18N2O3. The van der Waals surface area contributed by atoms with Gasteiger partial charge in [-0.1, -0.05) is 6.07 Å². The van der Waals surface area contributed by atoms with E-state index in [1.807, 2.05) is 18.2 Å². The van der Waals surface area contributed by atoms with Crippen molar-refractivity contribution in [2.24, 2.45) is 11.7 Å². The van der Waals surface area contributed by atoms with Gasteiger partial charge in [-0.2, -0.15) is 0 Å². The summed E-state index contributed by atoms with van der Waals surface area (Å²) in [7, 11) is 3.22. The van der Waals surface area contributed by atoms with Crippen LogP contribution in [-0.2, 0) is 4.79 Å². The van der Waals surface area contributed by atoms with E-state index in [1.165, 1.54) is 0 Å². The van der Waals surface area contributed by atoms with Crippen molar-refractivity contribution in [2.45, 2.75) is 5.92 Å². The maximum absolute atomic E-state index is 11.4. The standard InChI is InChI=1S/C13H18N2O3/c1-17-8-3-4-9(12(5-8)18-2)10-6-15-7-11(10)13(14)16/h3-5,10-11,15H,6-7H2,1-2H3,(H2,14,16). The van der Waals surface area contributed by atoms with E-state index >= 15 is 0 Å². The molecule has 0 aliphatic carbocycles. The van der Waals surface area contributed by atoms with E-state index in [1.54, 1.807) is 14.2 Å². The minimum Gasteiger partial charge on any atom is -0.497 e. The number of hydrogen-bond donors (Lipinski definition) is 2. The van der Waals surface area contributed by atoms with Crippen LogP contribution in [0.15, 0.2) is 18.2 Å². The average molecular weight is 250 g/mol. The Morgan fingerprint density at radius 2 is 2.11 bits per heavy atom. The Balaban J connectivity index is 2.35. The zero-order valence-electron chi connectivity index (χ0n) is 10.6. The highest BCUT2D eigenvalue weighted by Crippen LogP contribution is 2.36. The van der Waals surface area contributed by atoms with Gasteiger partial charge in [0.25, 0.3) is 0 Å². The molecule has 18 heavy (non-hydrogen) atoms. The summed E-state index contributed by atoms with van der Waals surface area (Å²) in [5.74, 6) is 1.06. The average Bonchev–Trinajstić information content (AvgIpc) is 2.87. The Morgan fingerprint density at radius 1 is 1.33 bits per heavy atom. The second kappa shape index (κ2) is 5.27. The van der Waals surface area contributed by atoms with Crippen molar-refractivity contribution in [2.75, 3.05) is 27.3 Å². The van der Waals surface area contributed by atoms with E-state index in [-0.39, 0.29) is 17.7 Å². The van der Waals surface area contributed by atoms with Crippen LogP contribution < -0.4 is 20.5 Å². The predicted octanol–water partition coefficient (Wildman–Crippen LogP) is 0.492. The highest BCUT2D eigenvalue weighted by Gasteiger charge is 2.34. The molecule has 1 saturated heterocycles. The fraction of sp³-hybridized carbons (Fsp3) is 0.462. The van der Waals surface area contributed by atoms with E-state index < -0.39 is 0 Å². The molecule has 5 heteroatoms. The Labute approximate surface area is 106 Å². The first kappa shape index (κ1) is 12.7. The number of hydrogen-bond acceptors (Lipinski definition) is 4. The van der Waals surface area contributed by atoms with Gasteiger partial charge >= 0.3 is 0 Å². The number of amides is 1. The number of nitrogens with two attached hydrogens (primary N) is 1. The monoisotopic (exact) mass is 250 g/mol. The topological polar surface area (TPSA) is 73.6 Å². The molecule has 2 atom stereocenters. The van der Waals surface area contributed by atoms with E-state index in [0.717, 1.165) is 23.6 Å². The molecule has 1 heterocycles. The third kappa shape index (κ3) is 2.26. The molecule has 0 spiro atoms. The molecule has 1 aromatic rings. The molecule has 2 unspecified atom stereocenters. The molecule has 2 rings (SSSR count). The van der Waals surface area contributed by atoms with Crippen LogP contribution in [0.25, 0.3) is 0 Å². The SMILES string of the molecule is COc1ccc(C2CNCC2C(N)=O)c(OC)c1. The van der Waals surface area contributed by atoms with Crippen LogP contribution in [0.3, 0.4) is 0 Å². The second-order valence-electron chi connectivity index (χ2n) is 4.38. The smallest absolute Gasteiger partial charge is 0.222 e. The molecule has 0 aromatic heterocycles. The summed E-state index contributed by atoms with van der Waals surface area (Å²) < 4.78 is 10.5. The van der Waals surface area contributed by atoms with Gasteiger partial charge < -0.3 is 20.5 Å². The van der Waals surface area contributed by atoms with E-state index in [9.17, 15) is 4.79 Å². The largest absolute Gasteiger partial charge is 0.497 e. The first-order chi connectivity index (χ1) is 8.67. The zero-order valence-corrected chi connectivity index (χ0v) is 10.6. The number of carbonyl (C=O) groups excluding carboxylic acids is 1. The molecule has 1 amide bonds. The quantitative estimate of drug-likeness (QED) is 0.815. The van der Waals surface area contributed by atoms with Crippen molar-refractivity contribution in [3.8, 4) is 11.5 Å². The maximum Gasteiger partial charge on any atom is 0.222 e. The Morgan fingerprint density at radius 3 is 2.72 bits per heavy atom. The summed E-state index contributed by atoms with van der Waals surface area (Å²) in [5.41, 5.74) is 6.42. The summed E-state index contributed by atoms with van der Waals surface area (Å²) in [6.45, 7) is 1.35. The van der Waals surface area contributed by atoms with Gasteiger partial charge in [0.05, 0.1) is 20.1 Å². The van der Waals surface area contributed by atoms with Gasteiger partial charge in [0.2, 0.25) is 5.91 Å². The Hall–Kier alpha value is -1.75. The summed E-state index contributed by atoms with van der Waals surface area (Å²) in [5, 5.41) is 3.19. The third-order valence-corrected chi connectivity index (χ3v) is 3.42. The molecule has 3 N–H and O–H groups in total. The lowest BCUT2D eigenvalue weighted by Crippen LogP contribution is -2.28. The number of methoxy groups -OCH3 is 2. The van der Waals surface area contributed by atoms with Gasteiger partial charge in [0, 0.05) is 25.1 Å². The summed E-state index contributed by atoms with van der Waals surface area (Å²) in [6.07, 6.45) is 0. The van der Waals surface area contributed by atoms with Gasteiger partial charge in [0.15, 0.2) is 0 Å². The molecule has 98 valence electrons. The van der Waals surface area contributed by atoms with Crippen molar-refractivity contribution in [3.05, 3.63) is 23.8 Å². The van der Waals surface area contributed by atoms with Crippen LogP contribution in [0.4, 0.5) is 0 Å². The number of primary amides is 1. The van der Waals surface area contributed by atoms with Crippen molar-refractivity contribution >= 4 is 5.91 Å². The van der Waals surface area contributed by atoms with Crippen molar-refractivity contribution in [3.63, 3.8) is 0 Å². The molecule has 1 aliphatic heterocycles. The maximum atomic E-state index is 11.4. The van der Waals surface area contributed by atoms with Crippen LogP contribution in [0.2, 0.25) is 0 Å². The van der Waals surface area contributed by atoms with Crippen LogP contribution in [-0.4, -0.2) is 33.2 Å². The Bertz CT molecular complexity index is 448. The van der Waals surface area contributed by atoms with E-state index in [4.69, 9.17) is 15.2 Å². The predicted molar refractivity (Wildman–Crippen MR) is 67.8 cm³/mol. The second-order valence-corrected chi connectivity index (χ2v) is 4.38. The normalized spacial score (nSPS) is 22.8.